The van der Waals surface area contributed by atoms with Crippen LogP contribution < -0.4 is 10.6 Å². The van der Waals surface area contributed by atoms with Crippen LogP contribution in [-0.2, 0) is 49.2 Å². The molecule has 4 rings (SSSR count). The molecule has 1 atom stereocenters. The number of hydrogen-bond donors (Lipinski definition) is 2. The van der Waals surface area contributed by atoms with Crippen LogP contribution in [0.3, 0.4) is 0 Å². The van der Waals surface area contributed by atoms with Gasteiger partial charge in [0.1, 0.15) is 17.0 Å². The minimum Gasteiger partial charge on any atom is -0.464 e. The molecule has 1 saturated heterocycles. The largest absolute Gasteiger partial charge is 0.464 e. The second kappa shape index (κ2) is 29.4. The lowest BCUT2D eigenvalue weighted by atomic mass is 9.99. The maximum Gasteiger partial charge on any atom is 0.407 e. The van der Waals surface area contributed by atoms with Crippen LogP contribution in [0.25, 0.3) is 0 Å². The lowest BCUT2D eigenvalue weighted by Crippen LogP contribution is -2.36. The lowest BCUT2D eigenvalue weighted by Gasteiger charge is -2.32. The molecule has 19 heteroatoms. The van der Waals surface area contributed by atoms with E-state index in [4.69, 9.17) is 47.6 Å². The van der Waals surface area contributed by atoms with E-state index in [1.807, 2.05) is 24.3 Å². The van der Waals surface area contributed by atoms with E-state index in [0.717, 1.165) is 11.3 Å². The minimum atomic E-state index is -0.566. The molecular weight excluding hydrogens is 845 g/mol. The van der Waals surface area contributed by atoms with Gasteiger partial charge in [-0.3, -0.25) is 14.6 Å². The maximum atomic E-state index is 13.1. The molecular formula is C46H66N6O13. The lowest BCUT2D eigenvalue weighted by molar-refractivity contribution is 0.00330. The van der Waals surface area contributed by atoms with Crippen molar-refractivity contribution < 1.29 is 61.8 Å². The van der Waals surface area contributed by atoms with Crippen LogP contribution >= 0.6 is 0 Å². The highest BCUT2D eigenvalue weighted by atomic mass is 16.6. The number of pyridine rings is 2. The molecule has 19 nitrogen and oxygen atoms in total. The molecule has 358 valence electrons. The first kappa shape index (κ1) is 52.5. The predicted octanol–water partition coefficient (Wildman–Crippen LogP) is 3.31. The highest BCUT2D eigenvalue weighted by Gasteiger charge is 2.26. The quantitative estimate of drug-likeness (QED) is 0.113. The number of amides is 2. The van der Waals surface area contributed by atoms with E-state index in [-0.39, 0.29) is 23.9 Å². The third-order valence-corrected chi connectivity index (χ3v) is 9.60. The predicted molar refractivity (Wildman–Crippen MR) is 238 cm³/mol. The van der Waals surface area contributed by atoms with Crippen molar-refractivity contribution in [1.29, 1.82) is 0 Å². The van der Waals surface area contributed by atoms with Crippen molar-refractivity contribution in [3.63, 3.8) is 0 Å². The molecule has 0 aliphatic carbocycles. The number of carbonyl (C=O) groups excluding carboxylic acids is 4. The van der Waals surface area contributed by atoms with Crippen LogP contribution in [-0.4, -0.2) is 182 Å². The van der Waals surface area contributed by atoms with Gasteiger partial charge in [-0.1, -0.05) is 24.3 Å². The Bertz CT molecular complexity index is 1860. The Morgan fingerprint density at radius 1 is 0.646 bits per heavy atom. The van der Waals surface area contributed by atoms with Crippen LogP contribution in [0.2, 0.25) is 0 Å². The van der Waals surface area contributed by atoms with Crippen LogP contribution in [0, 0.1) is 0 Å². The molecule has 1 aromatic carbocycles. The molecule has 0 bridgehead atoms. The van der Waals surface area contributed by atoms with Crippen molar-refractivity contribution in [2.24, 2.45) is 0 Å². The normalized spacial score (nSPS) is 16.0. The Balaban J connectivity index is 1.32. The van der Waals surface area contributed by atoms with Crippen molar-refractivity contribution in [2.75, 3.05) is 133 Å². The number of ether oxygens (including phenoxy) is 9. The number of carbonyl (C=O) groups is 4. The summed E-state index contributed by atoms with van der Waals surface area (Å²) in [4.78, 5) is 62.9. The molecule has 1 aliphatic heterocycles. The van der Waals surface area contributed by atoms with Gasteiger partial charge in [-0.15, -0.1) is 0 Å². The molecule has 65 heavy (non-hydrogen) atoms. The van der Waals surface area contributed by atoms with E-state index >= 15 is 0 Å². The zero-order chi connectivity index (χ0) is 46.7. The van der Waals surface area contributed by atoms with Crippen molar-refractivity contribution in [3.8, 4) is 0 Å². The van der Waals surface area contributed by atoms with Crippen molar-refractivity contribution in [1.82, 2.24) is 30.4 Å². The molecule has 0 saturated carbocycles. The van der Waals surface area contributed by atoms with E-state index in [1.54, 1.807) is 57.2 Å². The molecule has 1 fully saturated rings. The van der Waals surface area contributed by atoms with Crippen molar-refractivity contribution in [3.05, 3.63) is 94.6 Å². The Hall–Kier alpha value is -5.12. The highest BCUT2D eigenvalue weighted by molar-refractivity contribution is 5.94. The summed E-state index contributed by atoms with van der Waals surface area (Å²) in [5, 5.41) is 5.51. The van der Waals surface area contributed by atoms with Crippen LogP contribution in [0.15, 0.2) is 60.7 Å². The Morgan fingerprint density at radius 2 is 1.17 bits per heavy atom. The SMILES string of the molecule is COC(=O)c1cccc(CN2CCOCCOCCN(C(c3ccc(C(=O)NCCOCCOCCNC(=O)OC(C)(C)C)cc3)c3cccc(C(=O)OC)n3)CCOCCOCC2)n1. The first-order chi connectivity index (χ1) is 31.5. The fourth-order valence-electron chi connectivity index (χ4n) is 6.46. The molecule has 3 aromatic rings. The highest BCUT2D eigenvalue weighted by Crippen LogP contribution is 2.28. The number of aromatic nitrogens is 2. The van der Waals surface area contributed by atoms with E-state index < -0.39 is 29.7 Å². The summed E-state index contributed by atoms with van der Waals surface area (Å²) in [6.07, 6.45) is -0.497. The summed E-state index contributed by atoms with van der Waals surface area (Å²) in [6, 6.07) is 17.3. The third kappa shape index (κ3) is 20.3. The molecule has 2 N–H and O–H groups in total. The van der Waals surface area contributed by atoms with E-state index in [2.05, 4.69) is 25.4 Å². The van der Waals surface area contributed by atoms with Gasteiger partial charge in [0.25, 0.3) is 5.91 Å². The van der Waals surface area contributed by atoms with E-state index in [9.17, 15) is 19.2 Å². The van der Waals surface area contributed by atoms with Gasteiger partial charge in [0.05, 0.1) is 111 Å². The molecule has 0 radical (unpaired) electrons. The number of nitrogens with one attached hydrogen (secondary N) is 2. The number of hydrogen-bond acceptors (Lipinski definition) is 17. The van der Waals surface area contributed by atoms with Gasteiger partial charge >= 0.3 is 18.0 Å². The zero-order valence-corrected chi connectivity index (χ0v) is 38.4. The van der Waals surface area contributed by atoms with Crippen LogP contribution in [0.1, 0.15) is 75.1 Å². The van der Waals surface area contributed by atoms with Crippen LogP contribution in [0.4, 0.5) is 4.79 Å². The second-order valence-corrected chi connectivity index (χ2v) is 15.6. The summed E-state index contributed by atoms with van der Waals surface area (Å²) < 4.78 is 50.1. The first-order valence-electron chi connectivity index (χ1n) is 21.8. The fourth-order valence-corrected chi connectivity index (χ4v) is 6.46. The molecule has 1 unspecified atom stereocenters. The Kier molecular flexibility index (Phi) is 23.8. The van der Waals surface area contributed by atoms with Crippen molar-refractivity contribution >= 4 is 23.9 Å². The monoisotopic (exact) mass is 910 g/mol. The standard InChI is InChI=1S/C46H66N6O13/c1-46(2,3)65-45(56)48-17-23-60-29-28-59-22-16-47-42(53)36-14-12-35(13-15-36)41(38-9-7-11-40(50-38)44(55)58-5)52-20-26-63-32-30-61-24-18-51(19-25-62-31-33-64-27-21-52)34-37-8-6-10-39(49-37)43(54)57-4/h6-15,41H,16-34H2,1-5H3,(H,47,53)(H,48,56). The number of benzene rings is 1. The summed E-state index contributed by atoms with van der Waals surface area (Å²) in [6.45, 7) is 13.1. The maximum absolute atomic E-state index is 13.1. The summed E-state index contributed by atoms with van der Waals surface area (Å²) in [5.74, 6) is -1.30. The van der Waals surface area contributed by atoms with Gasteiger partial charge in [0.15, 0.2) is 0 Å². The number of nitrogens with zero attached hydrogens (tertiary/aromatic N) is 4. The average Bonchev–Trinajstić information content (AvgIpc) is 3.29. The number of alkyl carbamates (subject to hydrolysis) is 1. The first-order valence-corrected chi connectivity index (χ1v) is 21.8. The van der Waals surface area contributed by atoms with Crippen molar-refractivity contribution in [2.45, 2.75) is 39.0 Å². The van der Waals surface area contributed by atoms with Gasteiger partial charge in [-0.05, 0) is 62.7 Å². The zero-order valence-electron chi connectivity index (χ0n) is 38.4. The molecule has 3 heterocycles. The Labute approximate surface area is 381 Å². The third-order valence-electron chi connectivity index (χ3n) is 9.60. The number of rotatable bonds is 17. The van der Waals surface area contributed by atoms with E-state index in [1.165, 1.54) is 14.2 Å². The number of esters is 2. The Morgan fingerprint density at radius 3 is 1.72 bits per heavy atom. The molecule has 2 aromatic heterocycles. The minimum absolute atomic E-state index is 0.169. The summed E-state index contributed by atoms with van der Waals surface area (Å²) in [5.41, 5.74) is 2.50. The number of methoxy groups -OCH3 is 2. The topological polar surface area (TPSA) is 208 Å². The smallest absolute Gasteiger partial charge is 0.407 e. The fraction of sp³-hybridized carbons (Fsp3) is 0.565. The second-order valence-electron chi connectivity index (χ2n) is 15.6. The van der Waals surface area contributed by atoms with Gasteiger partial charge in [0.2, 0.25) is 0 Å². The van der Waals surface area contributed by atoms with Gasteiger partial charge in [-0.2, -0.15) is 0 Å². The van der Waals surface area contributed by atoms with Gasteiger partial charge in [0, 0.05) is 51.4 Å². The molecule has 0 spiro atoms. The van der Waals surface area contributed by atoms with E-state index in [0.29, 0.717) is 130 Å². The van der Waals surface area contributed by atoms with Gasteiger partial charge < -0.3 is 53.3 Å². The average molecular weight is 911 g/mol. The summed E-state index contributed by atoms with van der Waals surface area (Å²) >= 11 is 0. The molecule has 1 aliphatic rings. The van der Waals surface area contributed by atoms with Gasteiger partial charge in [-0.25, -0.2) is 24.4 Å². The molecule has 2 amide bonds. The van der Waals surface area contributed by atoms with Crippen LogP contribution in [0.5, 0.6) is 0 Å². The summed E-state index contributed by atoms with van der Waals surface area (Å²) in [7, 11) is 2.64.